The van der Waals surface area contributed by atoms with Crippen LogP contribution in [0.2, 0.25) is 0 Å². The number of hydrogen-bond acceptors (Lipinski definition) is 4. The minimum absolute atomic E-state index is 0.0166. The smallest absolute Gasteiger partial charge is 0.262 e. The Balaban J connectivity index is 1.53. The molecule has 1 saturated heterocycles. The first kappa shape index (κ1) is 21.1. The van der Waals surface area contributed by atoms with Gasteiger partial charge in [-0.25, -0.2) is 22.2 Å². The van der Waals surface area contributed by atoms with Crippen LogP contribution >= 0.6 is 0 Å². The molecule has 1 amide bonds. The van der Waals surface area contributed by atoms with Gasteiger partial charge in [0, 0.05) is 37.8 Å². The molecule has 0 bridgehead atoms. The molecule has 1 aromatic heterocycles. The summed E-state index contributed by atoms with van der Waals surface area (Å²) in [5, 5.41) is 2.81. The van der Waals surface area contributed by atoms with Gasteiger partial charge in [0.2, 0.25) is 0 Å². The van der Waals surface area contributed by atoms with Gasteiger partial charge in [-0.3, -0.25) is 4.79 Å². The molecule has 4 rings (SSSR count). The molecule has 1 atom stereocenters. The van der Waals surface area contributed by atoms with Crippen molar-refractivity contribution >= 4 is 15.9 Å². The van der Waals surface area contributed by atoms with E-state index in [4.69, 9.17) is 0 Å². The molecule has 31 heavy (non-hydrogen) atoms. The van der Waals surface area contributed by atoms with Gasteiger partial charge in [-0.2, -0.15) is 4.31 Å². The van der Waals surface area contributed by atoms with Crippen LogP contribution in [0.1, 0.15) is 22.0 Å². The Bertz CT molecular complexity index is 1210. The third-order valence-electron chi connectivity index (χ3n) is 5.26. The van der Waals surface area contributed by atoms with Crippen molar-refractivity contribution in [3.05, 3.63) is 83.8 Å². The van der Waals surface area contributed by atoms with Gasteiger partial charge >= 0.3 is 0 Å². The molecule has 3 aromatic rings. The molecule has 1 N–H and O–H groups in total. The van der Waals surface area contributed by atoms with Crippen molar-refractivity contribution in [2.24, 2.45) is 13.0 Å². The second-order valence-corrected chi connectivity index (χ2v) is 9.33. The molecule has 1 aliphatic rings. The minimum atomic E-state index is -3.72. The number of amides is 1. The number of nitrogens with zero attached hydrogens (tertiary/aromatic N) is 3. The highest BCUT2D eigenvalue weighted by molar-refractivity contribution is 7.89. The average molecular weight is 446 g/mol. The molecule has 1 fully saturated rings. The Morgan fingerprint density at radius 2 is 1.84 bits per heavy atom. The van der Waals surface area contributed by atoms with Crippen molar-refractivity contribution in [2.75, 3.05) is 13.1 Å². The molecule has 2 heterocycles. The van der Waals surface area contributed by atoms with Crippen LogP contribution in [0.15, 0.2) is 66.1 Å². The van der Waals surface area contributed by atoms with Crippen LogP contribution < -0.4 is 5.32 Å². The van der Waals surface area contributed by atoms with Crippen LogP contribution in [0.4, 0.5) is 8.78 Å². The second-order valence-electron chi connectivity index (χ2n) is 7.45. The Kier molecular flexibility index (Phi) is 5.59. The number of hydrogen-bond donors (Lipinski definition) is 1. The highest BCUT2D eigenvalue weighted by Gasteiger charge is 2.42. The molecule has 1 unspecified atom stereocenters. The zero-order chi connectivity index (χ0) is 22.2. The first-order valence-corrected chi connectivity index (χ1v) is 11.0. The number of carbonyl (C=O) groups excluding carboxylic acids is 1. The number of imidazole rings is 1. The Labute approximate surface area is 178 Å². The monoisotopic (exact) mass is 446 g/mol. The van der Waals surface area contributed by atoms with Crippen molar-refractivity contribution in [3.63, 3.8) is 0 Å². The molecule has 0 spiro atoms. The predicted octanol–water partition coefficient (Wildman–Crippen LogP) is 2.49. The summed E-state index contributed by atoms with van der Waals surface area (Å²) in [6.45, 7) is 0.382. The molecule has 0 radical (unpaired) electrons. The number of nitrogens with one attached hydrogen (secondary N) is 1. The van der Waals surface area contributed by atoms with Crippen molar-refractivity contribution in [3.8, 4) is 0 Å². The van der Waals surface area contributed by atoms with Crippen LogP contribution in [-0.2, 0) is 17.1 Å². The van der Waals surface area contributed by atoms with Crippen molar-refractivity contribution in [2.45, 2.75) is 11.1 Å². The van der Waals surface area contributed by atoms with E-state index in [1.54, 1.807) is 11.6 Å². The summed E-state index contributed by atoms with van der Waals surface area (Å²) < 4.78 is 55.1. The number of aromatic nitrogens is 2. The van der Waals surface area contributed by atoms with E-state index < -0.39 is 33.6 Å². The number of halogens is 2. The van der Waals surface area contributed by atoms with Gasteiger partial charge in [0.15, 0.2) is 16.7 Å². The zero-order valence-corrected chi connectivity index (χ0v) is 17.4. The summed E-state index contributed by atoms with van der Waals surface area (Å²) in [5.41, 5.74) is 0.774. The number of sulfonamides is 1. The maximum atomic E-state index is 13.5. The van der Waals surface area contributed by atoms with Crippen molar-refractivity contribution < 1.29 is 22.0 Å². The van der Waals surface area contributed by atoms with Crippen molar-refractivity contribution in [1.82, 2.24) is 19.2 Å². The van der Waals surface area contributed by atoms with E-state index in [1.165, 1.54) is 22.9 Å². The molecule has 7 nitrogen and oxygen atoms in total. The van der Waals surface area contributed by atoms with Gasteiger partial charge in [-0.1, -0.05) is 30.3 Å². The molecule has 162 valence electrons. The van der Waals surface area contributed by atoms with E-state index in [2.05, 4.69) is 10.3 Å². The number of aryl methyl sites for hydroxylation is 1. The van der Waals surface area contributed by atoms with Gasteiger partial charge in [0.05, 0.1) is 12.4 Å². The first-order valence-electron chi connectivity index (χ1n) is 9.54. The van der Waals surface area contributed by atoms with Crippen LogP contribution in [0.25, 0.3) is 0 Å². The maximum Gasteiger partial charge on any atom is 0.262 e. The zero-order valence-electron chi connectivity index (χ0n) is 16.6. The number of benzene rings is 2. The van der Waals surface area contributed by atoms with Crippen LogP contribution in [0.3, 0.4) is 0 Å². The van der Waals surface area contributed by atoms with Crippen LogP contribution in [-0.4, -0.2) is 41.3 Å². The van der Waals surface area contributed by atoms with Gasteiger partial charge in [-0.05, 0) is 23.8 Å². The fraction of sp³-hybridized carbons (Fsp3) is 0.238. The quantitative estimate of drug-likeness (QED) is 0.631. The molecular weight excluding hydrogens is 426 g/mol. The van der Waals surface area contributed by atoms with Gasteiger partial charge in [-0.15, -0.1) is 0 Å². The fourth-order valence-corrected chi connectivity index (χ4v) is 5.05. The summed E-state index contributed by atoms with van der Waals surface area (Å²) in [4.78, 5) is 16.6. The lowest BCUT2D eigenvalue weighted by Gasteiger charge is -2.42. The lowest BCUT2D eigenvalue weighted by Crippen LogP contribution is -2.54. The third-order valence-corrected chi connectivity index (χ3v) is 6.98. The van der Waals surface area contributed by atoms with E-state index in [1.807, 2.05) is 30.3 Å². The highest BCUT2D eigenvalue weighted by atomic mass is 32.2. The third kappa shape index (κ3) is 4.21. The molecule has 1 aliphatic heterocycles. The number of carbonyl (C=O) groups is 1. The van der Waals surface area contributed by atoms with E-state index in [9.17, 15) is 22.0 Å². The molecule has 0 aliphatic carbocycles. The van der Waals surface area contributed by atoms with Crippen LogP contribution in [0, 0.1) is 17.6 Å². The van der Waals surface area contributed by atoms with Gasteiger partial charge < -0.3 is 9.88 Å². The maximum absolute atomic E-state index is 13.5. The lowest BCUT2D eigenvalue weighted by atomic mass is 9.88. The highest BCUT2D eigenvalue weighted by Crippen LogP contribution is 2.33. The van der Waals surface area contributed by atoms with Crippen LogP contribution in [0.5, 0.6) is 0 Å². The standard InChI is InChI=1S/C21H20F2N4O3S/c1-26-12-19(24-13-26)31(29,30)27-10-16(11-27)20(14-5-3-2-4-6-14)25-21(28)15-7-8-17(22)18(23)9-15/h2-9,12-13,16,20H,10-11H2,1H3,(H,25,28). The fourth-order valence-electron chi connectivity index (χ4n) is 3.53. The van der Waals surface area contributed by atoms with E-state index in [0.717, 1.165) is 17.7 Å². The molecule has 10 heteroatoms. The predicted molar refractivity (Wildman–Crippen MR) is 108 cm³/mol. The summed E-state index contributed by atoms with van der Waals surface area (Å²) in [7, 11) is -2.04. The van der Waals surface area contributed by atoms with Crippen molar-refractivity contribution in [1.29, 1.82) is 0 Å². The topological polar surface area (TPSA) is 84.3 Å². The summed E-state index contributed by atoms with van der Waals surface area (Å²) in [6.07, 6.45) is 2.85. The number of rotatable bonds is 6. The SMILES string of the molecule is Cn1cnc(S(=O)(=O)N2CC(C(NC(=O)c3ccc(F)c(F)c3)c3ccccc3)C2)c1. The average Bonchev–Trinajstić information content (AvgIpc) is 3.16. The van der Waals surface area contributed by atoms with E-state index in [0.29, 0.717) is 0 Å². The van der Waals surface area contributed by atoms with Gasteiger partial charge in [0.1, 0.15) is 0 Å². The molecule has 0 saturated carbocycles. The van der Waals surface area contributed by atoms with E-state index >= 15 is 0 Å². The summed E-state index contributed by atoms with van der Waals surface area (Å²) in [6, 6.07) is 11.5. The Hall–Kier alpha value is -3.11. The molecule has 2 aromatic carbocycles. The largest absolute Gasteiger partial charge is 0.345 e. The van der Waals surface area contributed by atoms with E-state index in [-0.39, 0.29) is 29.6 Å². The summed E-state index contributed by atoms with van der Waals surface area (Å²) in [5.74, 6) is -2.92. The minimum Gasteiger partial charge on any atom is -0.345 e. The normalized spacial score (nSPS) is 16.0. The van der Waals surface area contributed by atoms with Gasteiger partial charge in [0.25, 0.3) is 15.9 Å². The lowest BCUT2D eigenvalue weighted by molar-refractivity contribution is 0.0871. The Morgan fingerprint density at radius 3 is 2.45 bits per heavy atom. The summed E-state index contributed by atoms with van der Waals surface area (Å²) >= 11 is 0. The Morgan fingerprint density at radius 1 is 1.13 bits per heavy atom. The first-order chi connectivity index (χ1) is 14.8. The molecular formula is C21H20F2N4O3S. The second kappa shape index (κ2) is 8.20.